The molecule has 0 saturated carbocycles. The van der Waals surface area contributed by atoms with Crippen LogP contribution < -0.4 is 9.13 Å². The molecule has 0 bridgehead atoms. The van der Waals surface area contributed by atoms with E-state index in [1.54, 1.807) is 85.5 Å². The molecule has 6 nitrogen and oxygen atoms in total. The van der Waals surface area contributed by atoms with Gasteiger partial charge in [-0.2, -0.15) is 26.3 Å². The number of nitrogens with zero attached hydrogens (tertiary/aromatic N) is 6. The molecule has 0 aliphatic heterocycles. The first-order chi connectivity index (χ1) is 19.1. The monoisotopic (exact) mass is 550 g/mol. The van der Waals surface area contributed by atoms with E-state index in [9.17, 15) is 26.3 Å². The summed E-state index contributed by atoms with van der Waals surface area (Å²) < 4.78 is 83.5. The Morgan fingerprint density at radius 2 is 0.800 bits per heavy atom. The quantitative estimate of drug-likeness (QED) is 0.206. The Kier molecular flexibility index (Phi) is 5.90. The van der Waals surface area contributed by atoms with Crippen LogP contribution in [0.3, 0.4) is 0 Å². The van der Waals surface area contributed by atoms with Crippen molar-refractivity contribution in [3.63, 3.8) is 0 Å². The van der Waals surface area contributed by atoms with Crippen molar-refractivity contribution in [1.29, 1.82) is 0 Å². The predicted molar refractivity (Wildman–Crippen MR) is 131 cm³/mol. The first kappa shape index (κ1) is 25.3. The Morgan fingerprint density at radius 3 is 1.15 bits per heavy atom. The SMILES string of the molecule is FC(F)(F)c1nc(-[n+]2ccc(-c3cc[n+](-c4nc(C(F)(F)F)nc5ccccc45)cc3)cc2)c2ccccc2n1. The summed E-state index contributed by atoms with van der Waals surface area (Å²) in [5.41, 5.74) is 1.77. The fourth-order valence-corrected chi connectivity index (χ4v) is 4.29. The van der Waals surface area contributed by atoms with E-state index in [2.05, 4.69) is 19.9 Å². The molecular weight excluding hydrogens is 534 g/mol. The van der Waals surface area contributed by atoms with Gasteiger partial charge in [0, 0.05) is 0 Å². The Hall–Kier alpha value is -5.00. The maximum Gasteiger partial charge on any atom is 0.477 e. The van der Waals surface area contributed by atoms with Gasteiger partial charge in [-0.25, -0.2) is 19.1 Å². The van der Waals surface area contributed by atoms with Crippen LogP contribution >= 0.6 is 0 Å². The number of para-hydroxylation sites is 2. The lowest BCUT2D eigenvalue weighted by Crippen LogP contribution is -2.33. The van der Waals surface area contributed by atoms with Gasteiger partial charge in [-0.3, -0.25) is 0 Å². The minimum absolute atomic E-state index is 0.0755. The van der Waals surface area contributed by atoms with E-state index >= 15 is 0 Å². The van der Waals surface area contributed by atoms with Crippen molar-refractivity contribution in [1.82, 2.24) is 19.9 Å². The molecule has 4 aromatic heterocycles. The summed E-state index contributed by atoms with van der Waals surface area (Å²) >= 11 is 0. The Labute approximate surface area is 221 Å². The summed E-state index contributed by atoms with van der Waals surface area (Å²) in [5, 5.41) is 0.897. The van der Waals surface area contributed by atoms with Crippen molar-refractivity contribution in [2.45, 2.75) is 12.4 Å². The van der Waals surface area contributed by atoms with Crippen LogP contribution in [0.5, 0.6) is 0 Å². The fraction of sp³-hybridized carbons (Fsp3) is 0.0714. The van der Waals surface area contributed by atoms with Crippen LogP contribution in [0.1, 0.15) is 11.6 Å². The first-order valence-electron chi connectivity index (χ1n) is 11.8. The molecule has 198 valence electrons. The van der Waals surface area contributed by atoms with Crippen molar-refractivity contribution < 1.29 is 35.5 Å². The Morgan fingerprint density at radius 1 is 0.450 bits per heavy atom. The van der Waals surface area contributed by atoms with Gasteiger partial charge in [0.1, 0.15) is 0 Å². The molecule has 6 aromatic rings. The number of fused-ring (bicyclic) bond motifs is 2. The smallest absolute Gasteiger partial charge is 0.203 e. The zero-order valence-corrected chi connectivity index (χ0v) is 20.2. The number of hydrogen-bond donors (Lipinski definition) is 0. The van der Waals surface area contributed by atoms with E-state index in [1.807, 2.05) is 0 Å². The third-order valence-corrected chi connectivity index (χ3v) is 6.15. The molecule has 0 saturated heterocycles. The summed E-state index contributed by atoms with van der Waals surface area (Å²) in [6.45, 7) is 0. The average Bonchev–Trinajstić information content (AvgIpc) is 2.95. The largest absolute Gasteiger partial charge is 0.477 e. The van der Waals surface area contributed by atoms with Gasteiger partial charge in [-0.05, 0) is 69.6 Å². The zero-order chi connectivity index (χ0) is 28.1. The minimum atomic E-state index is -4.71. The van der Waals surface area contributed by atoms with Gasteiger partial charge in [-0.15, -0.1) is 0 Å². The molecule has 0 aliphatic rings. The molecule has 6 rings (SSSR count). The molecule has 40 heavy (non-hydrogen) atoms. The lowest BCUT2D eigenvalue weighted by molar-refractivity contribution is -0.598. The Bertz CT molecular complexity index is 1730. The topological polar surface area (TPSA) is 59.3 Å². The van der Waals surface area contributed by atoms with E-state index in [0.29, 0.717) is 10.8 Å². The molecule has 0 atom stereocenters. The highest BCUT2D eigenvalue weighted by Gasteiger charge is 2.42. The van der Waals surface area contributed by atoms with Crippen LogP contribution in [0.25, 0.3) is 44.6 Å². The summed E-state index contributed by atoms with van der Waals surface area (Å²) in [6, 6.07) is 19.6. The summed E-state index contributed by atoms with van der Waals surface area (Å²) in [6.07, 6.45) is -3.10. The van der Waals surface area contributed by atoms with Gasteiger partial charge in [0.05, 0.1) is 46.6 Å². The number of benzene rings is 2. The van der Waals surface area contributed by atoms with Crippen molar-refractivity contribution in [2.75, 3.05) is 0 Å². The van der Waals surface area contributed by atoms with Crippen LogP contribution in [0.4, 0.5) is 26.3 Å². The molecule has 0 fully saturated rings. The molecule has 12 heteroatoms. The van der Waals surface area contributed by atoms with Crippen LogP contribution in [0.2, 0.25) is 0 Å². The van der Waals surface area contributed by atoms with Gasteiger partial charge in [0.2, 0.25) is 0 Å². The van der Waals surface area contributed by atoms with E-state index in [0.717, 1.165) is 11.1 Å². The van der Waals surface area contributed by atoms with E-state index in [-0.39, 0.29) is 22.7 Å². The minimum Gasteiger partial charge on any atom is -0.203 e. The summed E-state index contributed by atoms with van der Waals surface area (Å²) in [4.78, 5) is 14.8. The molecule has 0 unspecified atom stereocenters. The maximum atomic E-state index is 13.4. The molecule has 0 radical (unpaired) electrons. The maximum absolute atomic E-state index is 13.4. The summed E-state index contributed by atoms with van der Waals surface area (Å²) in [7, 11) is 0. The Balaban J connectivity index is 1.36. The molecule has 0 N–H and O–H groups in total. The molecule has 0 aliphatic carbocycles. The van der Waals surface area contributed by atoms with E-state index < -0.39 is 24.0 Å². The van der Waals surface area contributed by atoms with E-state index in [1.165, 1.54) is 21.3 Å². The zero-order valence-electron chi connectivity index (χ0n) is 20.2. The van der Waals surface area contributed by atoms with Crippen LogP contribution in [-0.2, 0) is 12.4 Å². The molecule has 2 aromatic carbocycles. The number of pyridine rings is 2. The third-order valence-electron chi connectivity index (χ3n) is 6.15. The first-order valence-corrected chi connectivity index (χ1v) is 11.8. The second-order valence-electron chi connectivity index (χ2n) is 8.76. The van der Waals surface area contributed by atoms with Crippen molar-refractivity contribution in [3.8, 4) is 22.8 Å². The van der Waals surface area contributed by atoms with Crippen LogP contribution in [0.15, 0.2) is 97.6 Å². The number of halogens is 6. The normalized spacial score (nSPS) is 12.2. The van der Waals surface area contributed by atoms with Crippen molar-refractivity contribution in [2.24, 2.45) is 0 Å². The molecular formula is C28H16F6N6+2. The number of hydrogen-bond acceptors (Lipinski definition) is 4. The molecule has 4 heterocycles. The van der Waals surface area contributed by atoms with Gasteiger partial charge in [0.15, 0.2) is 0 Å². The standard InChI is InChI=1S/C28H16F6N6/c29-27(30,31)25-35-21-7-3-1-5-19(21)23(37-25)39-13-9-17(10-14-39)18-11-15-40(16-12-18)24-20-6-2-4-8-22(20)36-26(38-24)28(32,33)34/h1-16H/q+2. The second-order valence-corrected chi connectivity index (χ2v) is 8.76. The second kappa shape index (κ2) is 9.33. The number of alkyl halides is 6. The third kappa shape index (κ3) is 4.68. The molecule has 0 spiro atoms. The van der Waals surface area contributed by atoms with Gasteiger partial charge < -0.3 is 0 Å². The van der Waals surface area contributed by atoms with Crippen molar-refractivity contribution in [3.05, 3.63) is 109 Å². The lowest BCUT2D eigenvalue weighted by Gasteiger charge is -2.07. The van der Waals surface area contributed by atoms with Gasteiger partial charge in [0.25, 0.3) is 0 Å². The highest BCUT2D eigenvalue weighted by Crippen LogP contribution is 2.30. The molecule has 0 amide bonds. The average molecular weight is 550 g/mol. The predicted octanol–water partition coefficient (Wildman–Crippen LogP) is 5.83. The highest BCUT2D eigenvalue weighted by molar-refractivity contribution is 5.84. The number of rotatable bonds is 3. The van der Waals surface area contributed by atoms with E-state index in [4.69, 9.17) is 0 Å². The van der Waals surface area contributed by atoms with Gasteiger partial charge >= 0.3 is 35.6 Å². The van der Waals surface area contributed by atoms with Crippen LogP contribution in [0, 0.1) is 0 Å². The lowest BCUT2D eigenvalue weighted by atomic mass is 10.1. The van der Waals surface area contributed by atoms with Crippen molar-refractivity contribution >= 4 is 21.8 Å². The number of aromatic nitrogens is 6. The van der Waals surface area contributed by atoms with Gasteiger partial charge in [-0.1, -0.05) is 24.3 Å². The highest BCUT2D eigenvalue weighted by atomic mass is 19.4. The van der Waals surface area contributed by atoms with Crippen LogP contribution in [-0.4, -0.2) is 19.9 Å². The fourth-order valence-electron chi connectivity index (χ4n) is 4.29. The summed E-state index contributed by atoms with van der Waals surface area (Å²) in [5.74, 6) is -2.33.